The highest BCUT2D eigenvalue weighted by atomic mass is 16.5. The molecule has 0 radical (unpaired) electrons. The van der Waals surface area contributed by atoms with E-state index in [2.05, 4.69) is 0 Å². The Morgan fingerprint density at radius 1 is 1.28 bits per heavy atom. The quantitative estimate of drug-likeness (QED) is 0.810. The van der Waals surface area contributed by atoms with E-state index < -0.39 is 5.97 Å². The van der Waals surface area contributed by atoms with Crippen LogP contribution in [0.25, 0.3) is 11.6 Å². The summed E-state index contributed by atoms with van der Waals surface area (Å²) in [6.07, 6.45) is 6.83. The van der Waals surface area contributed by atoms with Gasteiger partial charge in [-0.2, -0.15) is 0 Å². The summed E-state index contributed by atoms with van der Waals surface area (Å²) in [6, 6.07) is 5.60. The van der Waals surface area contributed by atoms with Crippen LogP contribution >= 0.6 is 0 Å². The van der Waals surface area contributed by atoms with Gasteiger partial charge in [-0.05, 0) is 43.0 Å². The molecule has 0 amide bonds. The number of ether oxygens (including phenoxy) is 1. The average molecular weight is 242 g/mol. The summed E-state index contributed by atoms with van der Waals surface area (Å²) >= 11 is 0. The Morgan fingerprint density at radius 2 is 2.11 bits per heavy atom. The lowest BCUT2D eigenvalue weighted by atomic mass is 9.85. The van der Waals surface area contributed by atoms with Gasteiger partial charge >= 0.3 is 5.97 Å². The van der Waals surface area contributed by atoms with Gasteiger partial charge in [0.2, 0.25) is 0 Å². The fraction of sp³-hybridized carbons (Fsp3) is 0.267. The highest BCUT2D eigenvalue weighted by Crippen LogP contribution is 2.35. The van der Waals surface area contributed by atoms with E-state index in [1.165, 1.54) is 0 Å². The summed E-state index contributed by atoms with van der Waals surface area (Å²) in [5.74, 6) is -0.00467. The molecule has 0 atom stereocenters. The van der Waals surface area contributed by atoms with E-state index in [1.807, 2.05) is 30.4 Å². The van der Waals surface area contributed by atoms with Crippen molar-refractivity contribution in [3.05, 3.63) is 41.0 Å². The molecule has 1 fully saturated rings. The van der Waals surface area contributed by atoms with Gasteiger partial charge in [-0.15, -0.1) is 0 Å². The summed E-state index contributed by atoms with van der Waals surface area (Å²) in [5.41, 5.74) is 3.27. The van der Waals surface area contributed by atoms with Crippen molar-refractivity contribution in [2.75, 3.05) is 6.61 Å². The molecular weight excluding hydrogens is 228 g/mol. The first-order chi connectivity index (χ1) is 8.75. The third-order valence-corrected chi connectivity index (χ3v) is 3.46. The maximum Gasteiger partial charge on any atom is 0.336 e. The van der Waals surface area contributed by atoms with Gasteiger partial charge in [0.25, 0.3) is 0 Å². The Balaban J connectivity index is 2.07. The van der Waals surface area contributed by atoms with Crippen LogP contribution in [0.2, 0.25) is 0 Å². The number of benzene rings is 1. The molecule has 0 bridgehead atoms. The van der Waals surface area contributed by atoms with Crippen molar-refractivity contribution in [3.8, 4) is 5.75 Å². The summed E-state index contributed by atoms with van der Waals surface area (Å²) < 4.78 is 5.47. The molecule has 3 heteroatoms. The van der Waals surface area contributed by atoms with E-state index in [1.54, 1.807) is 0 Å². The van der Waals surface area contributed by atoms with Gasteiger partial charge in [-0.3, -0.25) is 0 Å². The lowest BCUT2D eigenvalue weighted by Crippen LogP contribution is -2.10. The number of hydrogen-bond acceptors (Lipinski definition) is 2. The number of fused-ring (bicyclic) bond motifs is 1. The summed E-state index contributed by atoms with van der Waals surface area (Å²) in [7, 11) is 0. The standard InChI is InChI=1S/C15H14O3/c16-15(17)14(10-3-1-4-10)12-6-7-13-11(9-12)5-2-8-18-13/h2,5-7,9H,1,3-4,8H2,(H,16,17). The number of hydrogen-bond donors (Lipinski definition) is 1. The maximum absolute atomic E-state index is 11.4. The molecule has 1 aromatic carbocycles. The van der Waals surface area contributed by atoms with E-state index in [0.717, 1.165) is 41.7 Å². The van der Waals surface area contributed by atoms with Gasteiger partial charge in [0.15, 0.2) is 0 Å². The zero-order valence-electron chi connectivity index (χ0n) is 9.98. The van der Waals surface area contributed by atoms with Crippen molar-refractivity contribution in [1.82, 2.24) is 0 Å². The van der Waals surface area contributed by atoms with Gasteiger partial charge in [0, 0.05) is 5.56 Å². The fourth-order valence-corrected chi connectivity index (χ4v) is 2.36. The van der Waals surface area contributed by atoms with Crippen LogP contribution in [-0.2, 0) is 4.79 Å². The molecule has 1 aromatic rings. The molecule has 1 aliphatic carbocycles. The minimum atomic E-state index is -0.828. The number of carboxylic acids is 1. The van der Waals surface area contributed by atoms with Crippen molar-refractivity contribution >= 4 is 17.6 Å². The number of allylic oxidation sites excluding steroid dienone is 1. The number of aliphatic carboxylic acids is 1. The molecule has 0 aromatic heterocycles. The topological polar surface area (TPSA) is 46.5 Å². The van der Waals surface area contributed by atoms with Gasteiger partial charge in [0.1, 0.15) is 12.4 Å². The first-order valence-electron chi connectivity index (χ1n) is 6.15. The number of carboxylic acid groups (broad SMARTS) is 1. The van der Waals surface area contributed by atoms with Crippen LogP contribution in [0.3, 0.4) is 0 Å². The third-order valence-electron chi connectivity index (χ3n) is 3.46. The predicted octanol–water partition coefficient (Wildman–Crippen LogP) is 3.11. The second-order valence-corrected chi connectivity index (χ2v) is 4.60. The van der Waals surface area contributed by atoms with Crippen molar-refractivity contribution in [2.45, 2.75) is 19.3 Å². The highest BCUT2D eigenvalue weighted by Gasteiger charge is 2.22. The Bertz CT molecular complexity index is 561. The lowest BCUT2D eigenvalue weighted by Gasteiger charge is -2.21. The van der Waals surface area contributed by atoms with Crippen LogP contribution in [0.4, 0.5) is 0 Å². The van der Waals surface area contributed by atoms with Gasteiger partial charge in [-0.1, -0.05) is 17.7 Å². The first kappa shape index (κ1) is 11.1. The largest absolute Gasteiger partial charge is 0.489 e. The summed E-state index contributed by atoms with van der Waals surface area (Å²) in [4.78, 5) is 11.4. The predicted molar refractivity (Wildman–Crippen MR) is 69.4 cm³/mol. The zero-order chi connectivity index (χ0) is 12.5. The SMILES string of the molecule is O=C(O)C(=C1CCC1)c1ccc2c(c1)C=CCO2. The molecule has 2 aliphatic rings. The van der Waals surface area contributed by atoms with Crippen molar-refractivity contribution in [1.29, 1.82) is 0 Å². The van der Waals surface area contributed by atoms with Gasteiger partial charge in [-0.25, -0.2) is 4.79 Å². The smallest absolute Gasteiger partial charge is 0.336 e. The molecule has 1 heterocycles. The van der Waals surface area contributed by atoms with E-state index >= 15 is 0 Å². The second kappa shape index (κ2) is 4.33. The molecule has 1 aliphatic heterocycles. The van der Waals surface area contributed by atoms with Crippen molar-refractivity contribution in [3.63, 3.8) is 0 Å². The molecular formula is C15H14O3. The number of rotatable bonds is 2. The molecule has 1 saturated carbocycles. The molecule has 0 unspecified atom stereocenters. The van der Waals surface area contributed by atoms with Crippen molar-refractivity contribution < 1.29 is 14.6 Å². The Kier molecular flexibility index (Phi) is 2.67. The third kappa shape index (κ3) is 1.82. The molecule has 3 rings (SSSR count). The van der Waals surface area contributed by atoms with Gasteiger partial charge < -0.3 is 9.84 Å². The average Bonchev–Trinajstić information content (AvgIpc) is 2.32. The monoisotopic (exact) mass is 242 g/mol. The molecule has 3 nitrogen and oxygen atoms in total. The lowest BCUT2D eigenvalue weighted by molar-refractivity contribution is -0.130. The van der Waals surface area contributed by atoms with Crippen molar-refractivity contribution in [2.24, 2.45) is 0 Å². The van der Waals surface area contributed by atoms with Crippen LogP contribution in [0.5, 0.6) is 5.75 Å². The van der Waals surface area contributed by atoms with Crippen LogP contribution in [0, 0.1) is 0 Å². The van der Waals surface area contributed by atoms with E-state index in [9.17, 15) is 9.90 Å². The zero-order valence-corrected chi connectivity index (χ0v) is 9.98. The summed E-state index contributed by atoms with van der Waals surface area (Å²) in [5, 5.41) is 9.36. The van der Waals surface area contributed by atoms with Crippen LogP contribution in [-0.4, -0.2) is 17.7 Å². The second-order valence-electron chi connectivity index (χ2n) is 4.60. The first-order valence-corrected chi connectivity index (χ1v) is 6.15. The fourth-order valence-electron chi connectivity index (χ4n) is 2.36. The highest BCUT2D eigenvalue weighted by molar-refractivity contribution is 6.16. The molecule has 18 heavy (non-hydrogen) atoms. The minimum Gasteiger partial charge on any atom is -0.489 e. The van der Waals surface area contributed by atoms with E-state index in [4.69, 9.17) is 4.74 Å². The van der Waals surface area contributed by atoms with Crippen LogP contribution in [0.15, 0.2) is 29.8 Å². The molecule has 0 spiro atoms. The van der Waals surface area contributed by atoms with Crippen LogP contribution in [0.1, 0.15) is 30.4 Å². The number of carbonyl (C=O) groups is 1. The summed E-state index contributed by atoms with van der Waals surface area (Å²) in [6.45, 7) is 0.583. The van der Waals surface area contributed by atoms with Crippen LogP contribution < -0.4 is 4.74 Å². The Morgan fingerprint density at radius 3 is 2.78 bits per heavy atom. The molecule has 92 valence electrons. The van der Waals surface area contributed by atoms with E-state index in [-0.39, 0.29) is 0 Å². The maximum atomic E-state index is 11.4. The Labute approximate surface area is 105 Å². The molecule has 1 N–H and O–H groups in total. The van der Waals surface area contributed by atoms with E-state index in [0.29, 0.717) is 12.2 Å². The Hall–Kier alpha value is -2.03. The minimum absolute atomic E-state index is 0.475. The normalized spacial score (nSPS) is 16.6. The molecule has 0 saturated heterocycles. The van der Waals surface area contributed by atoms with Gasteiger partial charge in [0.05, 0.1) is 5.57 Å².